The van der Waals surface area contributed by atoms with E-state index in [0.29, 0.717) is 11.7 Å². The van der Waals surface area contributed by atoms with Gasteiger partial charge in [-0.15, -0.1) is 0 Å². The summed E-state index contributed by atoms with van der Waals surface area (Å²) in [6.07, 6.45) is 1.80. The number of rotatable bonds is 8. The van der Waals surface area contributed by atoms with Gasteiger partial charge in [-0.3, -0.25) is 4.98 Å². The number of nitrogens with one attached hydrogen (secondary N) is 1. The van der Waals surface area contributed by atoms with E-state index in [-0.39, 0.29) is 12.1 Å². The topological polar surface area (TPSA) is 59.8 Å². The van der Waals surface area contributed by atoms with E-state index in [1.54, 1.807) is 6.20 Å². The summed E-state index contributed by atoms with van der Waals surface area (Å²) >= 11 is 5.87. The molecular weight excluding hydrogens is 518 g/mol. The summed E-state index contributed by atoms with van der Waals surface area (Å²) in [4.78, 5) is 6.73. The minimum Gasteiger partial charge on any atom is -0.494 e. The third-order valence-electron chi connectivity index (χ3n) is 6.90. The Morgan fingerprint density at radius 2 is 1.62 bits per heavy atom. The van der Waals surface area contributed by atoms with Crippen molar-refractivity contribution >= 4 is 23.0 Å². The molecule has 0 radical (unpaired) electrons. The Hall–Kier alpha value is -4.62. The van der Waals surface area contributed by atoms with E-state index in [4.69, 9.17) is 26.1 Å². The number of para-hydroxylation sites is 1. The molecule has 6 rings (SSSR count). The SMILES string of the molecule is CCOc1ccc(-c2ccc([C@@H]3[C@H](c4ccccn4)NC(=S)N3c3ccc(Oc4ccccc4C)cc3)o2)cc1. The quantitative estimate of drug-likeness (QED) is 0.197. The summed E-state index contributed by atoms with van der Waals surface area (Å²) in [5.74, 6) is 3.98. The highest BCUT2D eigenvalue weighted by Gasteiger charge is 2.42. The van der Waals surface area contributed by atoms with Crippen molar-refractivity contribution in [2.45, 2.75) is 25.9 Å². The molecule has 1 N–H and O–H groups in total. The number of thiocarbonyl (C=S) groups is 1. The summed E-state index contributed by atoms with van der Waals surface area (Å²) in [5.41, 5.74) is 3.87. The third kappa shape index (κ3) is 5.16. The lowest BCUT2D eigenvalue weighted by atomic mass is 10.0. The lowest BCUT2D eigenvalue weighted by molar-refractivity contribution is 0.340. The predicted molar refractivity (Wildman–Crippen MR) is 161 cm³/mol. The molecule has 2 atom stereocenters. The van der Waals surface area contributed by atoms with Crippen molar-refractivity contribution in [1.82, 2.24) is 10.3 Å². The van der Waals surface area contributed by atoms with E-state index in [1.165, 1.54) is 0 Å². The number of anilines is 1. The van der Waals surface area contributed by atoms with Crippen LogP contribution in [-0.4, -0.2) is 16.7 Å². The Morgan fingerprint density at radius 1 is 0.875 bits per heavy atom. The predicted octanol–water partition coefficient (Wildman–Crippen LogP) is 8.02. The van der Waals surface area contributed by atoms with Crippen molar-refractivity contribution in [2.24, 2.45) is 0 Å². The average molecular weight is 548 g/mol. The van der Waals surface area contributed by atoms with Gasteiger partial charge in [0, 0.05) is 17.4 Å². The number of furan rings is 1. The summed E-state index contributed by atoms with van der Waals surface area (Å²) < 4.78 is 18.2. The normalized spacial score (nSPS) is 16.6. The molecule has 2 aromatic heterocycles. The van der Waals surface area contributed by atoms with Crippen LogP contribution in [0.1, 0.15) is 36.0 Å². The lowest BCUT2D eigenvalue weighted by Gasteiger charge is -2.26. The van der Waals surface area contributed by atoms with Crippen molar-refractivity contribution in [3.8, 4) is 28.6 Å². The van der Waals surface area contributed by atoms with E-state index < -0.39 is 0 Å². The van der Waals surface area contributed by atoms with E-state index in [9.17, 15) is 0 Å². The van der Waals surface area contributed by atoms with Gasteiger partial charge in [0.2, 0.25) is 0 Å². The molecule has 7 heteroatoms. The van der Waals surface area contributed by atoms with Crippen LogP contribution in [0.25, 0.3) is 11.3 Å². The van der Waals surface area contributed by atoms with Gasteiger partial charge in [-0.1, -0.05) is 24.3 Å². The fourth-order valence-corrected chi connectivity index (χ4v) is 5.29. The highest BCUT2D eigenvalue weighted by molar-refractivity contribution is 7.80. The molecule has 3 heterocycles. The van der Waals surface area contributed by atoms with Gasteiger partial charge in [0.05, 0.1) is 18.3 Å². The zero-order chi connectivity index (χ0) is 27.5. The Labute approximate surface area is 239 Å². The first kappa shape index (κ1) is 25.6. The number of pyridine rings is 1. The highest BCUT2D eigenvalue weighted by atomic mass is 32.1. The number of hydrogen-bond donors (Lipinski definition) is 1. The van der Waals surface area contributed by atoms with Crippen LogP contribution >= 0.6 is 12.2 Å². The molecule has 40 heavy (non-hydrogen) atoms. The molecule has 0 unspecified atom stereocenters. The Morgan fingerprint density at radius 3 is 2.35 bits per heavy atom. The summed E-state index contributed by atoms with van der Waals surface area (Å²) in [7, 11) is 0. The standard InChI is InChI=1S/C33H29N3O3S/c1-3-37-25-15-11-23(12-16-25)29-19-20-30(39-29)32-31(27-9-6-7-21-34-27)35-33(40)36(32)24-13-17-26(18-14-24)38-28-10-5-4-8-22(28)2/h4-21,31-32H,3H2,1-2H3,(H,35,40)/t31-,32+/m0/s1. The van der Waals surface area contributed by atoms with Gasteiger partial charge in [-0.2, -0.15) is 0 Å². The fourth-order valence-electron chi connectivity index (χ4n) is 4.94. The zero-order valence-corrected chi connectivity index (χ0v) is 23.1. The molecule has 1 aliphatic heterocycles. The van der Waals surface area contributed by atoms with Gasteiger partial charge < -0.3 is 24.1 Å². The maximum Gasteiger partial charge on any atom is 0.174 e. The van der Waals surface area contributed by atoms with Crippen LogP contribution in [0.5, 0.6) is 17.2 Å². The largest absolute Gasteiger partial charge is 0.494 e. The zero-order valence-electron chi connectivity index (χ0n) is 22.3. The molecule has 0 spiro atoms. The molecule has 5 aromatic rings. The first-order valence-electron chi connectivity index (χ1n) is 13.3. The summed E-state index contributed by atoms with van der Waals surface area (Å²) in [6.45, 7) is 4.63. The second-order valence-corrected chi connectivity index (χ2v) is 9.90. The molecule has 200 valence electrons. The van der Waals surface area contributed by atoms with Gasteiger partial charge in [0.1, 0.15) is 34.8 Å². The summed E-state index contributed by atoms with van der Waals surface area (Å²) in [5, 5.41) is 4.09. The van der Waals surface area contributed by atoms with Crippen molar-refractivity contribution in [1.29, 1.82) is 0 Å². The minimum atomic E-state index is -0.248. The molecule has 6 nitrogen and oxygen atoms in total. The number of aromatic nitrogens is 1. The monoisotopic (exact) mass is 547 g/mol. The molecule has 3 aromatic carbocycles. The van der Waals surface area contributed by atoms with E-state index in [0.717, 1.165) is 51.3 Å². The van der Waals surface area contributed by atoms with Gasteiger partial charge in [-0.05, 0) is 110 Å². The van der Waals surface area contributed by atoms with E-state index in [1.807, 2.05) is 117 Å². The second-order valence-electron chi connectivity index (χ2n) is 9.52. The molecule has 0 bridgehead atoms. The van der Waals surface area contributed by atoms with Crippen LogP contribution in [0.3, 0.4) is 0 Å². The van der Waals surface area contributed by atoms with Crippen LogP contribution < -0.4 is 19.7 Å². The maximum atomic E-state index is 6.49. The number of benzene rings is 3. The highest BCUT2D eigenvalue weighted by Crippen LogP contribution is 2.43. The molecule has 0 amide bonds. The number of aryl methyl sites for hydroxylation is 1. The smallest absolute Gasteiger partial charge is 0.174 e. The molecule has 1 aliphatic rings. The van der Waals surface area contributed by atoms with Crippen molar-refractivity contribution in [2.75, 3.05) is 11.5 Å². The Kier molecular flexibility index (Phi) is 7.21. The Balaban J connectivity index is 1.33. The van der Waals surface area contributed by atoms with Gasteiger partial charge >= 0.3 is 0 Å². The Bertz CT molecular complexity index is 1600. The van der Waals surface area contributed by atoms with Crippen LogP contribution in [0.15, 0.2) is 114 Å². The first-order valence-corrected chi connectivity index (χ1v) is 13.7. The average Bonchev–Trinajstić information content (AvgIpc) is 3.60. The fraction of sp³-hybridized carbons (Fsp3) is 0.152. The molecule has 1 fully saturated rings. The molecule has 1 saturated heterocycles. The second kappa shape index (κ2) is 11.2. The first-order chi connectivity index (χ1) is 19.6. The maximum absolute atomic E-state index is 6.49. The molecule has 0 aliphatic carbocycles. The number of ether oxygens (including phenoxy) is 2. The van der Waals surface area contributed by atoms with Crippen molar-refractivity contribution in [3.05, 3.63) is 126 Å². The number of hydrogen-bond acceptors (Lipinski definition) is 5. The van der Waals surface area contributed by atoms with E-state index in [2.05, 4.69) is 15.2 Å². The summed E-state index contributed by atoms with van der Waals surface area (Å²) in [6, 6.07) is 33.3. The van der Waals surface area contributed by atoms with Gasteiger partial charge in [0.15, 0.2) is 5.11 Å². The number of nitrogens with zero attached hydrogens (tertiary/aromatic N) is 2. The van der Waals surface area contributed by atoms with Crippen molar-refractivity contribution in [3.63, 3.8) is 0 Å². The van der Waals surface area contributed by atoms with Gasteiger partial charge in [0.25, 0.3) is 0 Å². The third-order valence-corrected chi connectivity index (χ3v) is 7.22. The van der Waals surface area contributed by atoms with Crippen LogP contribution in [0, 0.1) is 6.92 Å². The van der Waals surface area contributed by atoms with E-state index >= 15 is 0 Å². The van der Waals surface area contributed by atoms with Crippen LogP contribution in [-0.2, 0) is 0 Å². The molecular formula is C33H29N3O3S. The van der Waals surface area contributed by atoms with Crippen LogP contribution in [0.2, 0.25) is 0 Å². The minimum absolute atomic E-state index is 0.198. The van der Waals surface area contributed by atoms with Crippen LogP contribution in [0.4, 0.5) is 5.69 Å². The van der Waals surface area contributed by atoms with Crippen molar-refractivity contribution < 1.29 is 13.9 Å². The molecule has 0 saturated carbocycles. The van der Waals surface area contributed by atoms with Gasteiger partial charge in [-0.25, -0.2) is 0 Å². The lowest BCUT2D eigenvalue weighted by Crippen LogP contribution is -2.29.